The first kappa shape index (κ1) is 16.3. The Kier molecular flexibility index (Phi) is 3.73. The quantitative estimate of drug-likeness (QED) is 0.366. The summed E-state index contributed by atoms with van der Waals surface area (Å²) in [6, 6.07) is 30.6. The molecule has 3 aromatic carbocycles. The minimum absolute atomic E-state index is 0.671. The normalized spacial score (nSPS) is 11.1. The van der Waals surface area contributed by atoms with Gasteiger partial charge in [0.15, 0.2) is 5.36 Å². The standard InChI is InChI=1S/C25H18N2O/c26-19-10-12-21-23(14-19)28-24-15-20(27)11-13-22(24)25(21)18-8-6-17(7-9-18)16-4-2-1-3-5-16/h1-15,26H,27H2/p+1. The summed E-state index contributed by atoms with van der Waals surface area (Å²) in [5, 5.41) is 7.68. The lowest BCUT2D eigenvalue weighted by molar-refractivity contribution is -0.172. The fourth-order valence-corrected chi connectivity index (χ4v) is 3.69. The lowest BCUT2D eigenvalue weighted by Crippen LogP contribution is -2.44. The van der Waals surface area contributed by atoms with Crippen LogP contribution in [0.4, 0.5) is 5.69 Å². The van der Waals surface area contributed by atoms with Crippen LogP contribution in [0.15, 0.2) is 95.4 Å². The third-order valence-corrected chi connectivity index (χ3v) is 5.05. The van der Waals surface area contributed by atoms with E-state index < -0.39 is 0 Å². The zero-order valence-electron chi connectivity index (χ0n) is 15.2. The Morgan fingerprint density at radius 3 is 2.18 bits per heavy atom. The van der Waals surface area contributed by atoms with E-state index in [9.17, 15) is 0 Å². The van der Waals surface area contributed by atoms with Gasteiger partial charge in [-0.05, 0) is 34.9 Å². The van der Waals surface area contributed by atoms with Crippen LogP contribution in [0.5, 0.6) is 0 Å². The van der Waals surface area contributed by atoms with Gasteiger partial charge in [-0.1, -0.05) is 54.6 Å². The van der Waals surface area contributed by atoms with E-state index in [4.69, 9.17) is 15.6 Å². The van der Waals surface area contributed by atoms with Gasteiger partial charge in [0.25, 0.3) is 0 Å². The van der Waals surface area contributed by atoms with Gasteiger partial charge in [-0.3, -0.25) is 5.41 Å². The Balaban J connectivity index is 1.76. The molecule has 0 unspecified atom stereocenters. The van der Waals surface area contributed by atoms with Gasteiger partial charge in [-0.25, -0.2) is 0 Å². The molecule has 0 amide bonds. The second-order valence-electron chi connectivity index (χ2n) is 6.93. The molecule has 4 N–H and O–H groups in total. The molecule has 1 aliphatic carbocycles. The molecule has 0 saturated carbocycles. The third kappa shape index (κ3) is 2.74. The van der Waals surface area contributed by atoms with Crippen molar-refractivity contribution in [3.05, 3.63) is 96.4 Å². The van der Waals surface area contributed by atoms with E-state index >= 15 is 0 Å². The van der Waals surface area contributed by atoms with E-state index in [0.717, 1.165) is 33.4 Å². The minimum atomic E-state index is 0.671. The zero-order chi connectivity index (χ0) is 19.1. The topological polar surface area (TPSA) is 64.8 Å². The van der Waals surface area contributed by atoms with Gasteiger partial charge in [0.1, 0.15) is 11.3 Å². The van der Waals surface area contributed by atoms with Crippen LogP contribution in [0.1, 0.15) is 0 Å². The average molecular weight is 363 g/mol. The lowest BCUT2D eigenvalue weighted by Gasteiger charge is -2.15. The summed E-state index contributed by atoms with van der Waals surface area (Å²) >= 11 is 0. The van der Waals surface area contributed by atoms with Crippen LogP contribution < -0.4 is 16.5 Å². The van der Waals surface area contributed by atoms with Crippen molar-refractivity contribution in [2.75, 3.05) is 5.73 Å². The molecule has 0 radical (unpaired) electrons. The van der Waals surface area contributed by atoms with Crippen LogP contribution >= 0.6 is 0 Å². The first-order valence-corrected chi connectivity index (χ1v) is 9.19. The van der Waals surface area contributed by atoms with Crippen molar-refractivity contribution in [3.8, 4) is 33.6 Å². The number of hydrogen-bond donors (Lipinski definition) is 2. The highest BCUT2D eigenvalue weighted by atomic mass is 16.3. The van der Waals surface area contributed by atoms with Gasteiger partial charge in [0, 0.05) is 34.3 Å². The summed E-state index contributed by atoms with van der Waals surface area (Å²) in [5.74, 6) is 0.750. The Labute approximate surface area is 162 Å². The van der Waals surface area contributed by atoms with Crippen molar-refractivity contribution in [2.24, 2.45) is 0 Å². The highest BCUT2D eigenvalue weighted by molar-refractivity contribution is 6.02. The summed E-state index contributed by atoms with van der Waals surface area (Å²) in [6.07, 6.45) is 0. The monoisotopic (exact) mass is 363 g/mol. The van der Waals surface area contributed by atoms with E-state index in [0.29, 0.717) is 11.0 Å². The molecule has 0 aromatic heterocycles. The summed E-state index contributed by atoms with van der Waals surface area (Å²) < 4.78 is 6.10. The molecule has 3 heteroatoms. The maximum Gasteiger partial charge on any atom is 0.200 e. The Morgan fingerprint density at radius 2 is 1.39 bits per heavy atom. The predicted molar refractivity (Wildman–Crippen MR) is 113 cm³/mol. The van der Waals surface area contributed by atoms with Crippen LogP contribution in [0.3, 0.4) is 0 Å². The van der Waals surface area contributed by atoms with Crippen LogP contribution in [0.2, 0.25) is 0 Å². The molecule has 0 atom stereocenters. The Bertz CT molecular complexity index is 1320. The molecule has 5 rings (SSSR count). The van der Waals surface area contributed by atoms with Gasteiger partial charge in [-0.2, -0.15) is 0 Å². The zero-order valence-corrected chi connectivity index (χ0v) is 15.2. The van der Waals surface area contributed by atoms with E-state index in [-0.39, 0.29) is 0 Å². The van der Waals surface area contributed by atoms with Gasteiger partial charge < -0.3 is 10.2 Å². The minimum Gasteiger partial charge on any atom is -0.456 e. The number of nitrogen functional groups attached to an aromatic ring is 1. The fourth-order valence-electron chi connectivity index (χ4n) is 3.69. The van der Waals surface area contributed by atoms with E-state index in [1.165, 1.54) is 11.1 Å². The lowest BCUT2D eigenvalue weighted by atomic mass is 9.92. The summed E-state index contributed by atoms with van der Waals surface area (Å²) in [6.45, 7) is 0. The van der Waals surface area contributed by atoms with Crippen molar-refractivity contribution in [1.29, 1.82) is 0 Å². The molecule has 1 aliphatic heterocycles. The smallest absolute Gasteiger partial charge is 0.200 e. The van der Waals surface area contributed by atoms with Crippen molar-refractivity contribution in [2.45, 2.75) is 0 Å². The van der Waals surface area contributed by atoms with Crippen molar-refractivity contribution < 1.29 is 9.83 Å². The van der Waals surface area contributed by atoms with Crippen molar-refractivity contribution >= 4 is 16.7 Å². The van der Waals surface area contributed by atoms with E-state index in [2.05, 4.69) is 48.5 Å². The van der Waals surface area contributed by atoms with E-state index in [1.54, 1.807) is 0 Å². The van der Waals surface area contributed by atoms with Crippen molar-refractivity contribution in [1.82, 2.24) is 0 Å². The molecule has 1 heterocycles. The molecule has 0 saturated heterocycles. The maximum atomic E-state index is 6.10. The average Bonchev–Trinajstić information content (AvgIpc) is 2.72. The Hall–Kier alpha value is -3.85. The molecule has 134 valence electrons. The molecule has 0 bridgehead atoms. The van der Waals surface area contributed by atoms with Gasteiger partial charge in [-0.15, -0.1) is 0 Å². The molecule has 28 heavy (non-hydrogen) atoms. The summed E-state index contributed by atoms with van der Waals surface area (Å²) in [5.41, 5.74) is 13.1. The molecule has 3 nitrogen and oxygen atoms in total. The highest BCUT2D eigenvalue weighted by Crippen LogP contribution is 2.40. The summed E-state index contributed by atoms with van der Waals surface area (Å²) in [7, 11) is 0. The van der Waals surface area contributed by atoms with Crippen LogP contribution in [-0.2, 0) is 0 Å². The van der Waals surface area contributed by atoms with Gasteiger partial charge >= 0.3 is 0 Å². The highest BCUT2D eigenvalue weighted by Gasteiger charge is 2.17. The maximum absolute atomic E-state index is 6.10. The second kappa shape index (κ2) is 6.39. The van der Waals surface area contributed by atoms with Crippen LogP contribution in [0.25, 0.3) is 44.5 Å². The summed E-state index contributed by atoms with van der Waals surface area (Å²) in [4.78, 5) is 0. The number of benzene rings is 4. The number of nitrogens with two attached hydrogens (primary N) is 2. The first-order valence-electron chi connectivity index (χ1n) is 9.19. The van der Waals surface area contributed by atoms with Crippen LogP contribution in [-0.4, -0.2) is 0 Å². The van der Waals surface area contributed by atoms with Crippen LogP contribution in [0, 0.1) is 0 Å². The molecule has 0 fully saturated rings. The molecule has 0 spiro atoms. The van der Waals surface area contributed by atoms with Gasteiger partial charge in [0.05, 0.1) is 6.07 Å². The molecular weight excluding hydrogens is 344 g/mol. The predicted octanol–water partition coefficient (Wildman–Crippen LogP) is 4.11. The number of fused-ring (bicyclic) bond motifs is 2. The number of rotatable bonds is 2. The Morgan fingerprint density at radius 1 is 0.679 bits per heavy atom. The van der Waals surface area contributed by atoms with E-state index in [1.807, 2.05) is 42.5 Å². The van der Waals surface area contributed by atoms with Gasteiger partial charge in [0.2, 0.25) is 0 Å². The largest absolute Gasteiger partial charge is 0.456 e. The molecule has 2 aliphatic rings. The number of anilines is 1. The fraction of sp³-hybridized carbons (Fsp3) is 0. The SMILES string of the molecule is Nc1ccc2c(-c3ccc(-c4ccccc4)cc3)c3ccc(=[NH2+])cc-3oc2c1. The molecular formula is C25H19N2O+. The first-order chi connectivity index (χ1) is 13.7. The van der Waals surface area contributed by atoms with Crippen molar-refractivity contribution in [3.63, 3.8) is 0 Å². The number of hydrogen-bond acceptors (Lipinski definition) is 2. The second-order valence-corrected chi connectivity index (χ2v) is 6.93. The third-order valence-electron chi connectivity index (χ3n) is 5.05. The molecule has 3 aromatic rings.